The third kappa shape index (κ3) is 2.28. The van der Waals surface area contributed by atoms with E-state index < -0.39 is 0 Å². The molecule has 2 heterocycles. The summed E-state index contributed by atoms with van der Waals surface area (Å²) in [4.78, 5) is 0. The van der Waals surface area contributed by atoms with Crippen molar-refractivity contribution in [1.82, 2.24) is 9.78 Å². The Kier molecular flexibility index (Phi) is 3.30. The van der Waals surface area contributed by atoms with Crippen LogP contribution in [0.15, 0.2) is 6.07 Å². The largest absolute Gasteiger partial charge is 0.379 e. The lowest BCUT2D eigenvalue weighted by molar-refractivity contribution is 0.177. The minimum absolute atomic E-state index is 0.183. The molecule has 0 aromatic carbocycles. The highest BCUT2D eigenvalue weighted by molar-refractivity contribution is 5.14. The fourth-order valence-electron chi connectivity index (χ4n) is 2.23. The summed E-state index contributed by atoms with van der Waals surface area (Å²) in [5.74, 6) is 0. The van der Waals surface area contributed by atoms with Crippen molar-refractivity contribution in [2.75, 3.05) is 13.2 Å². The molecule has 0 radical (unpaired) electrons. The van der Waals surface area contributed by atoms with Gasteiger partial charge in [-0.1, -0.05) is 6.92 Å². The topological polar surface area (TPSA) is 53.1 Å². The molecule has 1 fully saturated rings. The standard InChI is InChI=1S/C12H21N3O/c1-3-10-7-11(15(4-2)14-10)8-12(13)5-6-16-9-12/h7H,3-6,8-9,13H2,1-2H3. The molecule has 16 heavy (non-hydrogen) atoms. The van der Waals surface area contributed by atoms with Gasteiger partial charge in [0.15, 0.2) is 0 Å². The highest BCUT2D eigenvalue weighted by atomic mass is 16.5. The molecule has 1 unspecified atom stereocenters. The van der Waals surface area contributed by atoms with Gasteiger partial charge in [0.25, 0.3) is 0 Å². The van der Waals surface area contributed by atoms with Crippen molar-refractivity contribution in [3.05, 3.63) is 17.5 Å². The third-order valence-electron chi connectivity index (χ3n) is 3.24. The molecule has 1 aromatic heterocycles. The van der Waals surface area contributed by atoms with E-state index in [0.717, 1.165) is 38.1 Å². The molecule has 2 N–H and O–H groups in total. The van der Waals surface area contributed by atoms with Crippen LogP contribution in [0.25, 0.3) is 0 Å². The molecule has 4 heteroatoms. The molecule has 0 spiro atoms. The molecule has 90 valence electrons. The lowest BCUT2D eigenvalue weighted by Crippen LogP contribution is -2.43. The highest BCUT2D eigenvalue weighted by Gasteiger charge is 2.31. The van der Waals surface area contributed by atoms with E-state index in [1.54, 1.807) is 0 Å². The first-order valence-electron chi connectivity index (χ1n) is 6.09. The second kappa shape index (κ2) is 4.55. The van der Waals surface area contributed by atoms with Crippen molar-refractivity contribution in [2.45, 2.75) is 45.2 Å². The molecule has 4 nitrogen and oxygen atoms in total. The predicted molar refractivity (Wildman–Crippen MR) is 63.3 cm³/mol. The molecule has 1 aromatic rings. The molecule has 0 aliphatic carbocycles. The maximum atomic E-state index is 6.30. The van der Waals surface area contributed by atoms with Gasteiger partial charge in [0, 0.05) is 30.8 Å². The first-order chi connectivity index (χ1) is 7.67. The Morgan fingerprint density at radius 2 is 2.38 bits per heavy atom. The van der Waals surface area contributed by atoms with Crippen LogP contribution in [-0.2, 0) is 24.1 Å². The van der Waals surface area contributed by atoms with Crippen molar-refractivity contribution in [3.63, 3.8) is 0 Å². The van der Waals surface area contributed by atoms with E-state index in [9.17, 15) is 0 Å². The van der Waals surface area contributed by atoms with Gasteiger partial charge in [-0.25, -0.2) is 0 Å². The van der Waals surface area contributed by atoms with Gasteiger partial charge >= 0.3 is 0 Å². The Hall–Kier alpha value is -0.870. The zero-order valence-corrected chi connectivity index (χ0v) is 10.2. The van der Waals surface area contributed by atoms with Crippen LogP contribution in [0, 0.1) is 0 Å². The minimum Gasteiger partial charge on any atom is -0.379 e. The van der Waals surface area contributed by atoms with Gasteiger partial charge in [-0.2, -0.15) is 5.10 Å². The van der Waals surface area contributed by atoms with Crippen LogP contribution in [-0.4, -0.2) is 28.5 Å². The van der Waals surface area contributed by atoms with E-state index in [2.05, 4.69) is 29.7 Å². The van der Waals surface area contributed by atoms with E-state index in [0.29, 0.717) is 6.61 Å². The summed E-state index contributed by atoms with van der Waals surface area (Å²) in [5.41, 5.74) is 8.51. The number of rotatable bonds is 4. The Bertz CT molecular complexity index is 353. The summed E-state index contributed by atoms with van der Waals surface area (Å²) in [6.07, 6.45) is 2.80. The normalized spacial score (nSPS) is 25.2. The fourth-order valence-corrected chi connectivity index (χ4v) is 2.23. The Morgan fingerprint density at radius 1 is 1.56 bits per heavy atom. The van der Waals surface area contributed by atoms with Gasteiger partial charge in [0.05, 0.1) is 12.3 Å². The van der Waals surface area contributed by atoms with Crippen molar-refractivity contribution in [2.24, 2.45) is 5.73 Å². The van der Waals surface area contributed by atoms with Crippen LogP contribution in [0.3, 0.4) is 0 Å². The average molecular weight is 223 g/mol. The van der Waals surface area contributed by atoms with Crippen LogP contribution in [0.1, 0.15) is 31.7 Å². The summed E-state index contributed by atoms with van der Waals surface area (Å²) in [6, 6.07) is 2.18. The maximum absolute atomic E-state index is 6.30. The van der Waals surface area contributed by atoms with Crippen LogP contribution >= 0.6 is 0 Å². The zero-order chi connectivity index (χ0) is 11.6. The second-order valence-electron chi connectivity index (χ2n) is 4.64. The molecule has 1 aliphatic rings. The summed E-state index contributed by atoms with van der Waals surface area (Å²) in [6.45, 7) is 6.61. The molecule has 0 bridgehead atoms. The van der Waals surface area contributed by atoms with E-state index in [1.807, 2.05) is 0 Å². The van der Waals surface area contributed by atoms with Gasteiger partial charge in [0.2, 0.25) is 0 Å². The number of hydrogen-bond acceptors (Lipinski definition) is 3. The summed E-state index contributed by atoms with van der Waals surface area (Å²) in [5, 5.41) is 4.54. The fraction of sp³-hybridized carbons (Fsp3) is 0.750. The molecule has 0 saturated carbocycles. The molecule has 2 rings (SSSR count). The first kappa shape index (κ1) is 11.6. The van der Waals surface area contributed by atoms with E-state index in [1.165, 1.54) is 5.69 Å². The van der Waals surface area contributed by atoms with Crippen molar-refractivity contribution < 1.29 is 4.74 Å². The average Bonchev–Trinajstić information content (AvgIpc) is 2.85. The third-order valence-corrected chi connectivity index (χ3v) is 3.24. The van der Waals surface area contributed by atoms with Crippen LogP contribution in [0.2, 0.25) is 0 Å². The van der Waals surface area contributed by atoms with Crippen LogP contribution in [0.4, 0.5) is 0 Å². The van der Waals surface area contributed by atoms with Crippen molar-refractivity contribution in [1.29, 1.82) is 0 Å². The molecule has 1 atom stereocenters. The lowest BCUT2D eigenvalue weighted by atomic mass is 9.94. The van der Waals surface area contributed by atoms with Gasteiger partial charge in [-0.15, -0.1) is 0 Å². The highest BCUT2D eigenvalue weighted by Crippen LogP contribution is 2.21. The van der Waals surface area contributed by atoms with Gasteiger partial charge in [-0.05, 0) is 25.8 Å². The number of aryl methyl sites for hydroxylation is 2. The lowest BCUT2D eigenvalue weighted by Gasteiger charge is -2.21. The van der Waals surface area contributed by atoms with Crippen LogP contribution in [0.5, 0.6) is 0 Å². The molecular weight excluding hydrogens is 202 g/mol. The summed E-state index contributed by atoms with van der Waals surface area (Å²) >= 11 is 0. The monoisotopic (exact) mass is 223 g/mol. The Balaban J connectivity index is 2.16. The van der Waals surface area contributed by atoms with E-state index in [-0.39, 0.29) is 5.54 Å². The quantitative estimate of drug-likeness (QED) is 0.832. The number of hydrogen-bond donors (Lipinski definition) is 1. The van der Waals surface area contributed by atoms with Crippen molar-refractivity contribution in [3.8, 4) is 0 Å². The number of nitrogens with zero attached hydrogens (tertiary/aromatic N) is 2. The summed E-state index contributed by atoms with van der Waals surface area (Å²) in [7, 11) is 0. The van der Waals surface area contributed by atoms with Gasteiger partial charge in [0.1, 0.15) is 0 Å². The molecule has 0 amide bonds. The maximum Gasteiger partial charge on any atom is 0.0650 e. The molecular formula is C12H21N3O. The predicted octanol–water partition coefficient (Wildman–Crippen LogP) is 1.13. The number of ether oxygens (including phenoxy) is 1. The SMILES string of the molecule is CCc1cc(CC2(N)CCOC2)n(CC)n1. The number of nitrogens with two attached hydrogens (primary N) is 1. The Morgan fingerprint density at radius 3 is 2.94 bits per heavy atom. The molecule has 1 saturated heterocycles. The van der Waals surface area contributed by atoms with Crippen molar-refractivity contribution >= 4 is 0 Å². The smallest absolute Gasteiger partial charge is 0.0650 e. The van der Waals surface area contributed by atoms with E-state index in [4.69, 9.17) is 10.5 Å². The first-order valence-corrected chi connectivity index (χ1v) is 6.09. The number of aromatic nitrogens is 2. The Labute approximate surface area is 96.8 Å². The van der Waals surface area contributed by atoms with Gasteiger partial charge < -0.3 is 10.5 Å². The summed E-state index contributed by atoms with van der Waals surface area (Å²) < 4.78 is 7.45. The van der Waals surface area contributed by atoms with E-state index >= 15 is 0 Å². The second-order valence-corrected chi connectivity index (χ2v) is 4.64. The zero-order valence-electron chi connectivity index (χ0n) is 10.2. The van der Waals surface area contributed by atoms with Gasteiger partial charge in [-0.3, -0.25) is 4.68 Å². The van der Waals surface area contributed by atoms with Crippen LogP contribution < -0.4 is 5.73 Å². The molecule has 1 aliphatic heterocycles. The minimum atomic E-state index is -0.183.